The first kappa shape index (κ1) is 16.7. The van der Waals surface area contributed by atoms with Gasteiger partial charge in [0.15, 0.2) is 0 Å². The molecule has 1 aromatic heterocycles. The molecule has 2 aromatic carbocycles. The Balaban J connectivity index is 1.96. The number of hydrogen-bond acceptors (Lipinski definition) is 3. The number of aromatic amines is 1. The van der Waals surface area contributed by atoms with Gasteiger partial charge < -0.3 is 4.98 Å². The molecule has 0 saturated carbocycles. The van der Waals surface area contributed by atoms with Crippen LogP contribution < -0.4 is 4.72 Å². The Hall–Kier alpha value is -3.18. The van der Waals surface area contributed by atoms with Crippen LogP contribution in [0, 0.1) is 23.1 Å². The van der Waals surface area contributed by atoms with Crippen molar-refractivity contribution in [2.45, 2.75) is 4.90 Å². The first-order chi connectivity index (χ1) is 11.9. The van der Waals surface area contributed by atoms with E-state index in [9.17, 15) is 17.2 Å². The molecule has 3 aromatic rings. The summed E-state index contributed by atoms with van der Waals surface area (Å²) >= 11 is 0. The Morgan fingerprint density at radius 1 is 1.04 bits per heavy atom. The predicted molar refractivity (Wildman–Crippen MR) is 88.1 cm³/mol. The smallest absolute Gasteiger partial charge is 0.266 e. The zero-order valence-corrected chi connectivity index (χ0v) is 13.4. The molecule has 0 unspecified atom stereocenters. The van der Waals surface area contributed by atoms with E-state index in [2.05, 4.69) is 4.98 Å². The second kappa shape index (κ2) is 6.37. The number of aromatic nitrogens is 1. The number of nitriles is 1. The van der Waals surface area contributed by atoms with Crippen LogP contribution in [0.3, 0.4) is 0 Å². The Bertz CT molecular complexity index is 1070. The van der Waals surface area contributed by atoms with Gasteiger partial charge in [0.05, 0.1) is 17.3 Å². The monoisotopic (exact) mass is 359 g/mol. The fraction of sp³-hybridized carbons (Fsp3) is 0. The minimum atomic E-state index is -4.35. The predicted octanol–water partition coefficient (Wildman–Crippen LogP) is 3.63. The molecule has 0 aliphatic rings. The van der Waals surface area contributed by atoms with Crippen molar-refractivity contribution in [1.29, 1.82) is 5.26 Å². The lowest BCUT2D eigenvalue weighted by Crippen LogP contribution is -2.14. The average molecular weight is 359 g/mol. The summed E-state index contributed by atoms with van der Waals surface area (Å²) in [5, 5.41) is 8.70. The minimum absolute atomic E-state index is 0.0413. The number of anilines is 1. The number of H-pyrrole nitrogens is 1. The van der Waals surface area contributed by atoms with Crippen molar-refractivity contribution in [1.82, 2.24) is 4.98 Å². The summed E-state index contributed by atoms with van der Waals surface area (Å²) in [6, 6.07) is 14.7. The first-order valence-electron chi connectivity index (χ1n) is 7.07. The maximum Gasteiger partial charge on any atom is 0.266 e. The Morgan fingerprint density at radius 2 is 1.76 bits per heavy atom. The van der Waals surface area contributed by atoms with E-state index in [1.807, 2.05) is 4.72 Å². The van der Waals surface area contributed by atoms with E-state index in [0.717, 1.165) is 18.2 Å². The van der Waals surface area contributed by atoms with Crippen LogP contribution in [-0.2, 0) is 10.0 Å². The van der Waals surface area contributed by atoms with E-state index in [-0.39, 0.29) is 16.9 Å². The standard InChI is InChI=1S/C17H11F2N3O2S/c18-13-8-11(10-20)6-7-14(13)22-25(23,24)16-9-15(21-17(16)19)12-4-2-1-3-5-12/h1-9,21-22H. The van der Waals surface area contributed by atoms with Gasteiger partial charge >= 0.3 is 0 Å². The zero-order chi connectivity index (χ0) is 18.0. The van der Waals surface area contributed by atoms with Gasteiger partial charge in [-0.05, 0) is 29.8 Å². The second-order valence-corrected chi connectivity index (χ2v) is 6.79. The molecule has 126 valence electrons. The molecule has 0 aliphatic carbocycles. The van der Waals surface area contributed by atoms with Crippen molar-refractivity contribution >= 4 is 15.7 Å². The molecule has 5 nitrogen and oxygen atoms in total. The highest BCUT2D eigenvalue weighted by molar-refractivity contribution is 7.92. The number of rotatable bonds is 4. The van der Waals surface area contributed by atoms with Crippen LogP contribution in [0.2, 0.25) is 0 Å². The van der Waals surface area contributed by atoms with E-state index in [4.69, 9.17) is 5.26 Å². The largest absolute Gasteiger partial charge is 0.330 e. The molecule has 0 bridgehead atoms. The minimum Gasteiger partial charge on any atom is -0.330 e. The fourth-order valence-corrected chi connectivity index (χ4v) is 3.37. The van der Waals surface area contributed by atoms with Gasteiger partial charge in [0, 0.05) is 5.69 Å². The quantitative estimate of drug-likeness (QED) is 0.746. The van der Waals surface area contributed by atoms with Crippen molar-refractivity contribution < 1.29 is 17.2 Å². The summed E-state index contributed by atoms with van der Waals surface area (Å²) in [4.78, 5) is 1.73. The van der Waals surface area contributed by atoms with Crippen LogP contribution in [0.15, 0.2) is 59.5 Å². The van der Waals surface area contributed by atoms with E-state index in [0.29, 0.717) is 5.56 Å². The van der Waals surface area contributed by atoms with Gasteiger partial charge in [0.1, 0.15) is 10.7 Å². The lowest BCUT2D eigenvalue weighted by atomic mass is 10.2. The summed E-state index contributed by atoms with van der Waals surface area (Å²) in [5.74, 6) is -1.98. The van der Waals surface area contributed by atoms with Crippen molar-refractivity contribution in [2.75, 3.05) is 4.72 Å². The lowest BCUT2D eigenvalue weighted by molar-refractivity contribution is 0.551. The summed E-state index contributed by atoms with van der Waals surface area (Å²) in [7, 11) is -4.35. The molecule has 8 heteroatoms. The Labute approximate surface area is 142 Å². The van der Waals surface area contributed by atoms with Gasteiger partial charge in [-0.1, -0.05) is 30.3 Å². The summed E-state index contributed by atoms with van der Waals surface area (Å²) in [6.45, 7) is 0. The molecular weight excluding hydrogens is 348 g/mol. The normalized spacial score (nSPS) is 11.1. The van der Waals surface area contributed by atoms with Crippen LogP contribution >= 0.6 is 0 Å². The molecule has 0 fully saturated rings. The molecular formula is C17H11F2N3O2S. The van der Waals surface area contributed by atoms with Crippen LogP contribution in [0.5, 0.6) is 0 Å². The lowest BCUT2D eigenvalue weighted by Gasteiger charge is -2.07. The van der Waals surface area contributed by atoms with Crippen LogP contribution in [0.1, 0.15) is 5.56 Å². The molecule has 0 aliphatic heterocycles. The summed E-state index contributed by atoms with van der Waals surface area (Å²) in [6.07, 6.45) is 0. The molecule has 2 N–H and O–H groups in total. The molecule has 0 atom stereocenters. The van der Waals surface area contributed by atoms with E-state index >= 15 is 0 Å². The highest BCUT2D eigenvalue weighted by Gasteiger charge is 2.24. The van der Waals surface area contributed by atoms with Gasteiger partial charge in [-0.15, -0.1) is 0 Å². The topological polar surface area (TPSA) is 85.8 Å². The maximum atomic E-state index is 14.1. The number of hydrogen-bond donors (Lipinski definition) is 2. The third kappa shape index (κ3) is 3.36. The second-order valence-electron chi connectivity index (χ2n) is 5.14. The van der Waals surface area contributed by atoms with Crippen molar-refractivity contribution in [3.63, 3.8) is 0 Å². The van der Waals surface area contributed by atoms with Gasteiger partial charge in [0.2, 0.25) is 5.95 Å². The zero-order valence-electron chi connectivity index (χ0n) is 12.6. The highest BCUT2D eigenvalue weighted by atomic mass is 32.2. The van der Waals surface area contributed by atoms with Gasteiger partial charge in [-0.2, -0.15) is 9.65 Å². The summed E-state index contributed by atoms with van der Waals surface area (Å²) < 4.78 is 54.7. The van der Waals surface area contributed by atoms with Crippen molar-refractivity contribution in [2.24, 2.45) is 0 Å². The SMILES string of the molecule is N#Cc1ccc(NS(=O)(=O)c2cc(-c3ccccc3)[nH]c2F)c(F)c1. The van der Waals surface area contributed by atoms with Crippen molar-refractivity contribution in [3.05, 3.63) is 71.9 Å². The number of nitrogens with zero attached hydrogens (tertiary/aromatic N) is 1. The molecule has 3 rings (SSSR count). The fourth-order valence-electron chi connectivity index (χ4n) is 2.25. The molecule has 25 heavy (non-hydrogen) atoms. The number of sulfonamides is 1. The number of benzene rings is 2. The average Bonchev–Trinajstić information content (AvgIpc) is 3.00. The molecule has 0 spiro atoms. The molecule has 0 radical (unpaired) electrons. The Kier molecular flexibility index (Phi) is 4.25. The molecule has 0 saturated heterocycles. The van der Waals surface area contributed by atoms with Gasteiger partial charge in [0.25, 0.3) is 10.0 Å². The van der Waals surface area contributed by atoms with Crippen LogP contribution in [-0.4, -0.2) is 13.4 Å². The third-order valence-electron chi connectivity index (χ3n) is 3.45. The van der Waals surface area contributed by atoms with E-state index in [1.165, 1.54) is 6.07 Å². The van der Waals surface area contributed by atoms with Crippen LogP contribution in [0.25, 0.3) is 11.3 Å². The maximum absolute atomic E-state index is 14.1. The van der Waals surface area contributed by atoms with Gasteiger partial charge in [-0.25, -0.2) is 12.8 Å². The third-order valence-corrected chi connectivity index (χ3v) is 4.82. The summed E-state index contributed by atoms with van der Waals surface area (Å²) in [5.41, 5.74) is 0.548. The Morgan fingerprint density at radius 3 is 2.40 bits per heavy atom. The van der Waals surface area contributed by atoms with Crippen molar-refractivity contribution in [3.8, 4) is 17.3 Å². The number of halogens is 2. The van der Waals surface area contributed by atoms with Crippen LogP contribution in [0.4, 0.5) is 14.5 Å². The molecule has 0 amide bonds. The van der Waals surface area contributed by atoms with Gasteiger partial charge in [-0.3, -0.25) is 4.72 Å². The first-order valence-corrected chi connectivity index (χ1v) is 8.55. The van der Waals surface area contributed by atoms with E-state index < -0.39 is 26.7 Å². The number of nitrogens with one attached hydrogen (secondary N) is 2. The van der Waals surface area contributed by atoms with E-state index in [1.54, 1.807) is 36.4 Å². The molecule has 1 heterocycles. The highest BCUT2D eigenvalue weighted by Crippen LogP contribution is 2.26.